The smallest absolute Gasteiger partial charge is 0.0410 e. The summed E-state index contributed by atoms with van der Waals surface area (Å²) in [5, 5.41) is 5.68. The molecule has 1 N–H and O–H groups in total. The van der Waals surface area contributed by atoms with Crippen LogP contribution in [0.3, 0.4) is 0 Å². The van der Waals surface area contributed by atoms with Gasteiger partial charge in [0.05, 0.1) is 0 Å². The zero-order valence-electron chi connectivity index (χ0n) is 11.8. The van der Waals surface area contributed by atoms with E-state index >= 15 is 0 Å². The Balaban J connectivity index is 2.23. The lowest BCUT2D eigenvalue weighted by atomic mass is 10.1. The first-order valence-electron chi connectivity index (χ1n) is 6.39. The molecule has 0 aliphatic heterocycles. The van der Waals surface area contributed by atoms with E-state index in [-0.39, 0.29) is 5.54 Å². The summed E-state index contributed by atoms with van der Waals surface area (Å²) in [7, 11) is 2.21. The van der Waals surface area contributed by atoms with Crippen molar-refractivity contribution in [2.24, 2.45) is 0 Å². The third-order valence-corrected chi connectivity index (χ3v) is 4.00. The fourth-order valence-electron chi connectivity index (χ4n) is 1.73. The minimum absolute atomic E-state index is 0.234. The van der Waals surface area contributed by atoms with Crippen molar-refractivity contribution in [3.63, 3.8) is 0 Å². The number of nitrogens with one attached hydrogen (secondary N) is 1. The van der Waals surface area contributed by atoms with Gasteiger partial charge < -0.3 is 5.32 Å². The largest absolute Gasteiger partial charge is 0.312 e. The van der Waals surface area contributed by atoms with E-state index < -0.39 is 0 Å². The summed E-state index contributed by atoms with van der Waals surface area (Å²) in [6.45, 7) is 11.1. The molecule has 0 spiro atoms. The lowest BCUT2D eigenvalue weighted by molar-refractivity contribution is 0.256. The van der Waals surface area contributed by atoms with Crippen molar-refractivity contribution in [1.82, 2.24) is 10.2 Å². The van der Waals surface area contributed by atoms with E-state index in [0.717, 1.165) is 13.1 Å². The average molecular weight is 254 g/mol. The Morgan fingerprint density at radius 1 is 1.41 bits per heavy atom. The number of thiophene rings is 1. The van der Waals surface area contributed by atoms with Crippen molar-refractivity contribution in [1.29, 1.82) is 0 Å². The second-order valence-electron chi connectivity index (χ2n) is 5.70. The van der Waals surface area contributed by atoms with Crippen LogP contribution in [0.2, 0.25) is 0 Å². The molecule has 0 saturated carbocycles. The van der Waals surface area contributed by atoms with E-state index in [1.54, 1.807) is 0 Å². The summed E-state index contributed by atoms with van der Waals surface area (Å²) in [6, 6.07) is 4.88. The van der Waals surface area contributed by atoms with Crippen LogP contribution in [0.25, 0.3) is 0 Å². The molecular weight excluding hydrogens is 228 g/mol. The molecule has 2 nitrogen and oxygen atoms in total. The van der Waals surface area contributed by atoms with Gasteiger partial charge in [0.2, 0.25) is 0 Å². The van der Waals surface area contributed by atoms with Crippen LogP contribution in [0, 0.1) is 0 Å². The molecule has 0 radical (unpaired) electrons. The van der Waals surface area contributed by atoms with E-state index in [1.165, 1.54) is 11.3 Å². The quantitative estimate of drug-likeness (QED) is 0.781. The van der Waals surface area contributed by atoms with Crippen molar-refractivity contribution in [3.8, 4) is 0 Å². The molecule has 3 heteroatoms. The van der Waals surface area contributed by atoms with Crippen molar-refractivity contribution >= 4 is 11.3 Å². The highest BCUT2D eigenvalue weighted by molar-refractivity contribution is 7.10. The van der Waals surface area contributed by atoms with E-state index in [0.29, 0.717) is 6.04 Å². The number of rotatable bonds is 6. The Morgan fingerprint density at radius 2 is 2.12 bits per heavy atom. The predicted molar refractivity (Wildman–Crippen MR) is 77.7 cm³/mol. The minimum Gasteiger partial charge on any atom is -0.312 e. The summed E-state index contributed by atoms with van der Waals surface area (Å²) >= 11 is 1.85. The maximum Gasteiger partial charge on any atom is 0.0410 e. The molecule has 0 aliphatic rings. The lowest BCUT2D eigenvalue weighted by Crippen LogP contribution is -2.37. The van der Waals surface area contributed by atoms with Crippen LogP contribution in [0.15, 0.2) is 17.5 Å². The minimum atomic E-state index is 0.234. The molecule has 98 valence electrons. The molecule has 0 aliphatic carbocycles. The van der Waals surface area contributed by atoms with Gasteiger partial charge in [-0.05, 0) is 65.7 Å². The maximum atomic E-state index is 3.53. The Morgan fingerprint density at radius 3 is 2.65 bits per heavy atom. The summed E-state index contributed by atoms with van der Waals surface area (Å²) in [5.74, 6) is 0. The third-order valence-electron chi connectivity index (χ3n) is 2.96. The van der Waals surface area contributed by atoms with Crippen LogP contribution in [0.1, 0.15) is 45.0 Å². The summed E-state index contributed by atoms with van der Waals surface area (Å²) < 4.78 is 0. The van der Waals surface area contributed by atoms with Crippen molar-refractivity contribution in [2.45, 2.75) is 45.7 Å². The van der Waals surface area contributed by atoms with Gasteiger partial charge in [0, 0.05) is 16.5 Å². The normalized spacial score (nSPS) is 14.2. The standard InChI is InChI=1S/C14H26N2S/c1-12(13-8-6-11-17-13)16(5)10-7-9-15-14(2,3)4/h6,8,11-12,15H,7,9-10H2,1-5H3. The van der Waals surface area contributed by atoms with E-state index in [2.05, 4.69) is 62.5 Å². The summed E-state index contributed by atoms with van der Waals surface area (Å²) in [5.41, 5.74) is 0.234. The van der Waals surface area contributed by atoms with Crippen molar-refractivity contribution in [3.05, 3.63) is 22.4 Å². The first kappa shape index (κ1) is 14.7. The second-order valence-corrected chi connectivity index (χ2v) is 6.68. The molecule has 1 atom stereocenters. The molecule has 0 fully saturated rings. The first-order valence-corrected chi connectivity index (χ1v) is 7.27. The second kappa shape index (κ2) is 6.53. The van der Waals surface area contributed by atoms with Crippen LogP contribution in [0.5, 0.6) is 0 Å². The van der Waals surface area contributed by atoms with Gasteiger partial charge in [-0.2, -0.15) is 0 Å². The molecule has 1 rings (SSSR count). The van der Waals surface area contributed by atoms with Gasteiger partial charge >= 0.3 is 0 Å². The van der Waals surface area contributed by atoms with E-state index in [4.69, 9.17) is 0 Å². The van der Waals surface area contributed by atoms with Crippen LogP contribution in [0.4, 0.5) is 0 Å². The molecule has 0 saturated heterocycles. The molecule has 1 heterocycles. The lowest BCUT2D eigenvalue weighted by Gasteiger charge is -2.25. The van der Waals surface area contributed by atoms with Gasteiger partial charge in [-0.1, -0.05) is 6.07 Å². The maximum absolute atomic E-state index is 3.53. The van der Waals surface area contributed by atoms with Crippen LogP contribution in [-0.2, 0) is 0 Å². The molecule has 1 aromatic heterocycles. The summed E-state index contributed by atoms with van der Waals surface area (Å²) in [4.78, 5) is 3.88. The predicted octanol–water partition coefficient (Wildman–Crippen LogP) is 3.52. The molecule has 0 amide bonds. The van der Waals surface area contributed by atoms with Crippen LogP contribution < -0.4 is 5.32 Å². The first-order chi connectivity index (χ1) is 7.90. The molecule has 0 bridgehead atoms. The number of hydrogen-bond acceptors (Lipinski definition) is 3. The Kier molecular flexibility index (Phi) is 5.63. The van der Waals surface area contributed by atoms with Gasteiger partial charge in [0.25, 0.3) is 0 Å². The van der Waals surface area contributed by atoms with Gasteiger partial charge in [0.15, 0.2) is 0 Å². The molecule has 1 aromatic rings. The van der Waals surface area contributed by atoms with Gasteiger partial charge in [0.1, 0.15) is 0 Å². The number of hydrogen-bond donors (Lipinski definition) is 1. The highest BCUT2D eigenvalue weighted by atomic mass is 32.1. The van der Waals surface area contributed by atoms with Crippen molar-refractivity contribution < 1.29 is 0 Å². The average Bonchev–Trinajstić information content (AvgIpc) is 2.74. The Bertz CT molecular complexity index is 301. The highest BCUT2D eigenvalue weighted by Gasteiger charge is 2.12. The van der Waals surface area contributed by atoms with E-state index in [1.807, 2.05) is 11.3 Å². The molecule has 0 aromatic carbocycles. The topological polar surface area (TPSA) is 15.3 Å². The van der Waals surface area contributed by atoms with E-state index in [9.17, 15) is 0 Å². The molecular formula is C14H26N2S. The third kappa shape index (κ3) is 5.66. The summed E-state index contributed by atoms with van der Waals surface area (Å²) in [6.07, 6.45) is 1.20. The fourth-order valence-corrected chi connectivity index (χ4v) is 2.58. The van der Waals surface area contributed by atoms with Crippen molar-refractivity contribution in [2.75, 3.05) is 20.1 Å². The fraction of sp³-hybridized carbons (Fsp3) is 0.714. The van der Waals surface area contributed by atoms with Gasteiger partial charge in [-0.15, -0.1) is 11.3 Å². The highest BCUT2D eigenvalue weighted by Crippen LogP contribution is 2.23. The zero-order valence-corrected chi connectivity index (χ0v) is 12.6. The SMILES string of the molecule is CC(c1cccs1)N(C)CCCNC(C)(C)C. The molecule has 17 heavy (non-hydrogen) atoms. The van der Waals surface area contributed by atoms with Crippen LogP contribution >= 0.6 is 11.3 Å². The van der Waals surface area contributed by atoms with Gasteiger partial charge in [-0.3, -0.25) is 4.90 Å². The monoisotopic (exact) mass is 254 g/mol. The molecule has 1 unspecified atom stereocenters. The van der Waals surface area contributed by atoms with Crippen LogP contribution in [-0.4, -0.2) is 30.6 Å². The van der Waals surface area contributed by atoms with Gasteiger partial charge in [-0.25, -0.2) is 0 Å². The zero-order chi connectivity index (χ0) is 12.9. The Labute approximate surface area is 110 Å². The number of nitrogens with zero attached hydrogens (tertiary/aromatic N) is 1. The Hall–Kier alpha value is -0.380.